The molecule has 354 valence electrons. The van der Waals surface area contributed by atoms with Crippen LogP contribution in [0.25, 0.3) is 142 Å². The zero-order chi connectivity index (χ0) is 57.3. The molecule has 0 saturated carbocycles. The minimum Gasteiger partial charge on any atom is -0.0622 e. The minimum absolute atomic E-state index is 0.208. The Bertz CT molecular complexity index is 5010. The smallest absolute Gasteiger partial charge is 0.0622 e. The first-order chi connectivity index (χ1) is 41.1. The van der Waals surface area contributed by atoms with Crippen LogP contribution in [0.15, 0.2) is 303 Å². The Kier molecular flexibility index (Phi) is 9.33. The molecule has 0 saturated heterocycles. The molecular formula is C76H50. The molecule has 0 N–H and O–H groups in total. The Morgan fingerprint density at radius 1 is 0.184 bits per heavy atom. The molecule has 0 aliphatic carbocycles. The summed E-state index contributed by atoms with van der Waals surface area (Å²) in [6.45, 7) is 0. The first-order valence-electron chi connectivity index (χ1n) is 29.7. The van der Waals surface area contributed by atoms with Gasteiger partial charge in [0.05, 0.1) is 11.0 Å². The van der Waals surface area contributed by atoms with Crippen molar-refractivity contribution >= 4 is 75.4 Å². The van der Waals surface area contributed by atoms with Gasteiger partial charge in [-0.2, -0.15) is 0 Å². The fourth-order valence-corrected chi connectivity index (χ4v) is 11.5. The molecule has 0 heteroatoms. The first kappa shape index (κ1) is 36.9. The van der Waals surface area contributed by atoms with E-state index < -0.39 is 24.2 Å². The van der Waals surface area contributed by atoms with E-state index in [-0.39, 0.29) is 45.7 Å². The SMILES string of the molecule is [2H]c1c([2H])c([2H])c2c(-c3cccc4ccccc34)c3c([2H])c([2H])c([2H])c([2H])c3c(-c3ccc(-c4ccc5ccccc5c4)cc3)c2c1[2H].c1ccc(-c2ccc(-c3c4ccccc4c(-c4ccccc4)c4ccccc34)c3ccccc23)cc1. The van der Waals surface area contributed by atoms with Gasteiger partial charge in [-0.1, -0.05) is 297 Å². The molecule has 76 heavy (non-hydrogen) atoms. The maximum Gasteiger partial charge on any atom is 0.0629 e. The minimum atomic E-state index is -0.411. The van der Waals surface area contributed by atoms with Crippen molar-refractivity contribution in [3.8, 4) is 66.8 Å². The topological polar surface area (TPSA) is 0 Å². The van der Waals surface area contributed by atoms with Crippen molar-refractivity contribution < 1.29 is 11.0 Å². The summed E-state index contributed by atoms with van der Waals surface area (Å²) in [5, 5.41) is 12.5. The van der Waals surface area contributed by atoms with Gasteiger partial charge in [0.25, 0.3) is 0 Å². The molecule has 0 bridgehead atoms. The van der Waals surface area contributed by atoms with Crippen molar-refractivity contribution in [1.29, 1.82) is 0 Å². The molecule has 0 aromatic heterocycles. The van der Waals surface area contributed by atoms with Crippen LogP contribution in [-0.2, 0) is 0 Å². The van der Waals surface area contributed by atoms with Gasteiger partial charge in [0.2, 0.25) is 0 Å². The van der Waals surface area contributed by atoms with E-state index in [0.717, 1.165) is 32.7 Å². The number of hydrogen-bond donors (Lipinski definition) is 0. The van der Waals surface area contributed by atoms with Gasteiger partial charge in [0.1, 0.15) is 0 Å². The third-order valence-corrected chi connectivity index (χ3v) is 15.0. The molecule has 15 rings (SSSR count). The summed E-state index contributed by atoms with van der Waals surface area (Å²) in [6.07, 6.45) is 0. The third-order valence-electron chi connectivity index (χ3n) is 15.0. The highest BCUT2D eigenvalue weighted by molar-refractivity contribution is 6.25. The zero-order valence-electron chi connectivity index (χ0n) is 49.2. The van der Waals surface area contributed by atoms with Gasteiger partial charge in [-0.15, -0.1) is 0 Å². The van der Waals surface area contributed by atoms with Gasteiger partial charge in [0, 0.05) is 0 Å². The highest BCUT2D eigenvalue weighted by Gasteiger charge is 2.20. The lowest BCUT2D eigenvalue weighted by Gasteiger charge is -2.19. The van der Waals surface area contributed by atoms with Crippen LogP contribution in [0.2, 0.25) is 0 Å². The third kappa shape index (κ3) is 7.79. The molecule has 0 spiro atoms. The fourth-order valence-electron chi connectivity index (χ4n) is 11.5. The van der Waals surface area contributed by atoms with Crippen LogP contribution in [0.5, 0.6) is 0 Å². The molecule has 0 radical (unpaired) electrons. The number of fused-ring (bicyclic) bond motifs is 7. The monoisotopic (exact) mass is 970 g/mol. The molecule has 0 heterocycles. The van der Waals surface area contributed by atoms with Crippen LogP contribution < -0.4 is 0 Å². The Morgan fingerprint density at radius 2 is 0.553 bits per heavy atom. The second-order valence-electron chi connectivity index (χ2n) is 19.2. The van der Waals surface area contributed by atoms with Crippen molar-refractivity contribution in [2.75, 3.05) is 0 Å². The van der Waals surface area contributed by atoms with E-state index >= 15 is 0 Å². The highest BCUT2D eigenvalue weighted by atomic mass is 14.2. The van der Waals surface area contributed by atoms with Gasteiger partial charge < -0.3 is 0 Å². The molecule has 0 amide bonds. The predicted octanol–water partition coefficient (Wildman–Crippen LogP) is 21.4. The number of benzene rings is 15. The first-order valence-corrected chi connectivity index (χ1v) is 25.7. The molecule has 15 aromatic carbocycles. The lowest BCUT2D eigenvalue weighted by molar-refractivity contribution is 1.63. The lowest BCUT2D eigenvalue weighted by Crippen LogP contribution is -1.92. The van der Waals surface area contributed by atoms with Gasteiger partial charge in [-0.25, -0.2) is 0 Å². The Labute approximate surface area is 454 Å². The fraction of sp³-hybridized carbons (Fsp3) is 0. The number of hydrogen-bond acceptors (Lipinski definition) is 0. The Balaban J connectivity index is 0.000000155. The largest absolute Gasteiger partial charge is 0.0629 e. The summed E-state index contributed by atoms with van der Waals surface area (Å²) in [5.74, 6) is 0. The van der Waals surface area contributed by atoms with Gasteiger partial charge in [-0.05, 0) is 148 Å². The molecule has 0 aliphatic rings. The molecular weight excluding hydrogens is 913 g/mol. The van der Waals surface area contributed by atoms with Crippen LogP contribution >= 0.6 is 0 Å². The average Bonchev–Trinajstić information content (AvgIpc) is 1.09. The van der Waals surface area contributed by atoms with E-state index in [2.05, 4.69) is 170 Å². The van der Waals surface area contributed by atoms with Crippen LogP contribution in [0.1, 0.15) is 11.0 Å². The van der Waals surface area contributed by atoms with Crippen LogP contribution in [0, 0.1) is 0 Å². The van der Waals surface area contributed by atoms with Crippen molar-refractivity contribution in [2.24, 2.45) is 0 Å². The maximum atomic E-state index is 9.21. The lowest BCUT2D eigenvalue weighted by atomic mass is 9.84. The van der Waals surface area contributed by atoms with E-state index in [1.807, 2.05) is 84.9 Å². The summed E-state index contributed by atoms with van der Waals surface area (Å²) in [6, 6.07) is 85.2. The molecule has 0 aliphatic heterocycles. The van der Waals surface area contributed by atoms with E-state index in [0.29, 0.717) is 22.3 Å². The summed E-state index contributed by atoms with van der Waals surface area (Å²) >= 11 is 0. The summed E-state index contributed by atoms with van der Waals surface area (Å²) in [5.41, 5.74) is 11.5. The standard InChI is InChI=1S/C40H26.C36H24/c1-2-12-31-26-32(25-22-27(31)10-1)28-20-23-30(24-21-28)39-35-15-5-7-17-37(35)40(38-18-8-6-16-36(38)39)34-19-9-13-29-11-3-4-14-33(29)34;1-3-13-25(14-4-1)27-23-24-34(29-18-8-7-17-28(27)29)36-32-21-11-9-19-30(32)35(26-15-5-2-6-16-26)31-20-10-12-22-33(31)36/h1-26H;1-24H/i5D,6D,7D,8D,15D,16D,17D,18D;. The van der Waals surface area contributed by atoms with Crippen molar-refractivity contribution in [2.45, 2.75) is 0 Å². The van der Waals surface area contributed by atoms with Crippen molar-refractivity contribution in [3.05, 3.63) is 303 Å². The molecule has 15 aromatic rings. The van der Waals surface area contributed by atoms with Crippen LogP contribution in [-0.4, -0.2) is 0 Å². The Hall–Kier alpha value is -9.88. The van der Waals surface area contributed by atoms with Gasteiger partial charge in [0.15, 0.2) is 0 Å². The van der Waals surface area contributed by atoms with E-state index in [9.17, 15) is 5.48 Å². The summed E-state index contributed by atoms with van der Waals surface area (Å²) in [7, 11) is 0. The van der Waals surface area contributed by atoms with E-state index in [1.165, 1.54) is 65.7 Å². The van der Waals surface area contributed by atoms with E-state index in [1.54, 1.807) is 0 Å². The van der Waals surface area contributed by atoms with Gasteiger partial charge >= 0.3 is 0 Å². The maximum absolute atomic E-state index is 9.21. The second kappa shape index (κ2) is 19.2. The summed E-state index contributed by atoms with van der Waals surface area (Å²) in [4.78, 5) is 0. The van der Waals surface area contributed by atoms with E-state index in [4.69, 9.17) is 5.48 Å². The quantitative estimate of drug-likeness (QED) is 0.146. The highest BCUT2D eigenvalue weighted by Crippen LogP contribution is 2.48. The molecule has 0 unspecified atom stereocenters. The van der Waals surface area contributed by atoms with Gasteiger partial charge in [-0.3, -0.25) is 0 Å². The summed E-state index contributed by atoms with van der Waals surface area (Å²) < 4.78 is 71.5. The average molecular weight is 971 g/mol. The predicted molar refractivity (Wildman–Crippen MR) is 328 cm³/mol. The molecule has 0 fully saturated rings. The molecule has 0 atom stereocenters. The van der Waals surface area contributed by atoms with Crippen molar-refractivity contribution in [3.63, 3.8) is 0 Å². The second-order valence-corrected chi connectivity index (χ2v) is 19.2. The van der Waals surface area contributed by atoms with Crippen LogP contribution in [0.3, 0.4) is 0 Å². The molecule has 0 nitrogen and oxygen atoms in total. The normalized spacial score (nSPS) is 12.9. The zero-order valence-corrected chi connectivity index (χ0v) is 41.2. The number of rotatable bonds is 6. The van der Waals surface area contributed by atoms with Crippen molar-refractivity contribution in [1.82, 2.24) is 0 Å². The Morgan fingerprint density at radius 3 is 1.16 bits per heavy atom. The van der Waals surface area contributed by atoms with Crippen LogP contribution in [0.4, 0.5) is 0 Å².